The van der Waals surface area contributed by atoms with Crippen molar-refractivity contribution in [1.29, 1.82) is 0 Å². The van der Waals surface area contributed by atoms with Crippen LogP contribution >= 0.6 is 0 Å². The van der Waals surface area contributed by atoms with Gasteiger partial charge in [-0.1, -0.05) is 25.0 Å². The van der Waals surface area contributed by atoms with Crippen LogP contribution in [0.15, 0.2) is 24.3 Å². The molecule has 0 heterocycles. The van der Waals surface area contributed by atoms with E-state index >= 15 is 0 Å². The van der Waals surface area contributed by atoms with Gasteiger partial charge in [-0.15, -0.1) is 0 Å². The van der Waals surface area contributed by atoms with E-state index in [1.54, 1.807) is 12.1 Å². The fourth-order valence-electron chi connectivity index (χ4n) is 2.49. The number of amides is 2. The van der Waals surface area contributed by atoms with Gasteiger partial charge in [0.2, 0.25) is 0 Å². The van der Waals surface area contributed by atoms with Crippen molar-refractivity contribution in [1.82, 2.24) is 10.6 Å². The molecule has 0 radical (unpaired) electrons. The average molecular weight is 266 g/mol. The van der Waals surface area contributed by atoms with Crippen LogP contribution in [0.1, 0.15) is 31.2 Å². The minimum atomic E-state index is -0.480. The smallest absolute Gasteiger partial charge is 0.315 e. The van der Waals surface area contributed by atoms with E-state index in [4.69, 9.17) is 0 Å². The summed E-state index contributed by atoms with van der Waals surface area (Å²) in [7, 11) is 0. The first-order chi connectivity index (χ1) is 9.13. The molecule has 0 bridgehead atoms. The Kier molecular flexibility index (Phi) is 4.37. The van der Waals surface area contributed by atoms with Crippen LogP contribution in [-0.2, 0) is 6.54 Å². The maximum atomic E-state index is 13.0. The molecule has 2 amide bonds. The van der Waals surface area contributed by atoms with Gasteiger partial charge in [0.05, 0.1) is 12.1 Å². The molecule has 2 rings (SSSR count). The first kappa shape index (κ1) is 13.8. The van der Waals surface area contributed by atoms with E-state index in [0.717, 1.165) is 25.7 Å². The number of halogens is 1. The number of urea groups is 1. The van der Waals surface area contributed by atoms with Gasteiger partial charge >= 0.3 is 6.03 Å². The van der Waals surface area contributed by atoms with Crippen molar-refractivity contribution < 1.29 is 14.3 Å². The lowest BCUT2D eigenvalue weighted by Crippen LogP contribution is -2.52. The lowest BCUT2D eigenvalue weighted by molar-refractivity contribution is 0.162. The van der Waals surface area contributed by atoms with E-state index in [0.29, 0.717) is 5.56 Å². The monoisotopic (exact) mass is 266 g/mol. The molecule has 104 valence electrons. The van der Waals surface area contributed by atoms with Crippen molar-refractivity contribution in [2.24, 2.45) is 0 Å². The molecule has 1 fully saturated rings. The van der Waals surface area contributed by atoms with Crippen molar-refractivity contribution >= 4 is 6.03 Å². The van der Waals surface area contributed by atoms with Crippen LogP contribution in [0.25, 0.3) is 0 Å². The molecule has 1 aromatic rings. The molecule has 0 unspecified atom stereocenters. The van der Waals surface area contributed by atoms with Crippen LogP contribution in [0.5, 0.6) is 0 Å². The predicted molar refractivity (Wildman–Crippen MR) is 70.1 cm³/mol. The van der Waals surface area contributed by atoms with Gasteiger partial charge in [-0.2, -0.15) is 0 Å². The second-order valence-corrected chi connectivity index (χ2v) is 5.08. The molecule has 0 aliphatic heterocycles. The average Bonchev–Trinajstić information content (AvgIpc) is 2.86. The minimum Gasteiger partial charge on any atom is -0.394 e. The van der Waals surface area contributed by atoms with Gasteiger partial charge in [-0.3, -0.25) is 0 Å². The summed E-state index contributed by atoms with van der Waals surface area (Å²) < 4.78 is 13.0. The summed E-state index contributed by atoms with van der Waals surface area (Å²) in [6.45, 7) is 0.228. The molecule has 1 aliphatic rings. The molecule has 5 heteroatoms. The van der Waals surface area contributed by atoms with E-state index in [-0.39, 0.29) is 25.0 Å². The Morgan fingerprint density at radius 1 is 1.37 bits per heavy atom. The van der Waals surface area contributed by atoms with Gasteiger partial charge in [0.15, 0.2) is 0 Å². The van der Waals surface area contributed by atoms with Crippen LogP contribution < -0.4 is 10.6 Å². The van der Waals surface area contributed by atoms with E-state index in [1.165, 1.54) is 12.1 Å². The molecule has 19 heavy (non-hydrogen) atoms. The zero-order valence-corrected chi connectivity index (χ0v) is 10.8. The summed E-state index contributed by atoms with van der Waals surface area (Å²) in [6.07, 6.45) is 3.64. The molecular formula is C14H19FN2O2. The number of hydrogen-bond donors (Lipinski definition) is 3. The zero-order chi connectivity index (χ0) is 13.7. The van der Waals surface area contributed by atoms with Gasteiger partial charge < -0.3 is 15.7 Å². The third-order valence-corrected chi connectivity index (χ3v) is 3.58. The number of carbonyl (C=O) groups is 1. The summed E-state index contributed by atoms with van der Waals surface area (Å²) in [6, 6.07) is 5.79. The zero-order valence-electron chi connectivity index (χ0n) is 10.8. The maximum Gasteiger partial charge on any atom is 0.315 e. The van der Waals surface area contributed by atoms with E-state index in [1.807, 2.05) is 0 Å². The Bertz CT molecular complexity index is 445. The molecular weight excluding hydrogens is 247 g/mol. The molecule has 0 atom stereocenters. The number of aliphatic hydroxyl groups excluding tert-OH is 1. The third-order valence-electron chi connectivity index (χ3n) is 3.58. The van der Waals surface area contributed by atoms with Gasteiger partial charge in [0.25, 0.3) is 0 Å². The van der Waals surface area contributed by atoms with Gasteiger partial charge in [0.1, 0.15) is 5.82 Å². The van der Waals surface area contributed by atoms with E-state index in [9.17, 15) is 14.3 Å². The van der Waals surface area contributed by atoms with Crippen LogP contribution in [0.4, 0.5) is 9.18 Å². The SMILES string of the molecule is O=C(NCc1cccc(F)c1)NC1(CO)CCCC1. The molecule has 3 N–H and O–H groups in total. The van der Waals surface area contributed by atoms with Crippen molar-refractivity contribution in [2.45, 2.75) is 37.8 Å². The highest BCUT2D eigenvalue weighted by molar-refractivity contribution is 5.74. The Labute approximate surface area is 112 Å². The highest BCUT2D eigenvalue weighted by Crippen LogP contribution is 2.28. The van der Waals surface area contributed by atoms with Crippen LogP contribution in [0, 0.1) is 5.82 Å². The number of hydrogen-bond acceptors (Lipinski definition) is 2. The Hall–Kier alpha value is -1.62. The summed E-state index contributed by atoms with van der Waals surface area (Å²) in [5.41, 5.74) is 0.228. The Morgan fingerprint density at radius 3 is 2.74 bits per heavy atom. The number of benzene rings is 1. The van der Waals surface area contributed by atoms with Gasteiger partial charge in [-0.05, 0) is 30.5 Å². The van der Waals surface area contributed by atoms with Crippen LogP contribution in [-0.4, -0.2) is 23.3 Å². The van der Waals surface area contributed by atoms with Gasteiger partial charge in [0, 0.05) is 6.54 Å². The van der Waals surface area contributed by atoms with Crippen LogP contribution in [0.2, 0.25) is 0 Å². The Balaban J connectivity index is 1.84. The molecule has 0 spiro atoms. The van der Waals surface area contributed by atoms with Crippen molar-refractivity contribution in [2.75, 3.05) is 6.61 Å². The quantitative estimate of drug-likeness (QED) is 0.780. The summed E-state index contributed by atoms with van der Waals surface area (Å²) in [5, 5.41) is 14.9. The molecule has 1 aromatic carbocycles. The van der Waals surface area contributed by atoms with Crippen molar-refractivity contribution in [3.8, 4) is 0 Å². The lowest BCUT2D eigenvalue weighted by atomic mass is 9.99. The van der Waals surface area contributed by atoms with Crippen molar-refractivity contribution in [3.05, 3.63) is 35.6 Å². The molecule has 1 saturated carbocycles. The number of carbonyl (C=O) groups excluding carboxylic acids is 1. The lowest BCUT2D eigenvalue weighted by Gasteiger charge is -2.28. The summed E-state index contributed by atoms with van der Waals surface area (Å²) in [4.78, 5) is 11.8. The Morgan fingerprint density at radius 2 is 2.11 bits per heavy atom. The molecule has 4 nitrogen and oxygen atoms in total. The predicted octanol–water partition coefficient (Wildman–Crippen LogP) is 1.93. The fourth-order valence-corrected chi connectivity index (χ4v) is 2.49. The third kappa shape index (κ3) is 3.67. The molecule has 1 aliphatic carbocycles. The highest BCUT2D eigenvalue weighted by atomic mass is 19.1. The molecule has 0 aromatic heterocycles. The number of aliphatic hydroxyl groups is 1. The van der Waals surface area contributed by atoms with Crippen LogP contribution in [0.3, 0.4) is 0 Å². The second kappa shape index (κ2) is 6.02. The minimum absolute atomic E-state index is 0.0413. The summed E-state index contributed by atoms with van der Waals surface area (Å²) in [5.74, 6) is -0.317. The second-order valence-electron chi connectivity index (χ2n) is 5.08. The number of rotatable bonds is 4. The maximum absolute atomic E-state index is 13.0. The van der Waals surface area contributed by atoms with Crippen molar-refractivity contribution in [3.63, 3.8) is 0 Å². The molecule has 0 saturated heterocycles. The standard InChI is InChI=1S/C14H19FN2O2/c15-12-5-3-4-11(8-12)9-16-13(19)17-14(10-18)6-1-2-7-14/h3-5,8,18H,1-2,6-7,9-10H2,(H2,16,17,19). The largest absolute Gasteiger partial charge is 0.394 e. The number of nitrogens with one attached hydrogen (secondary N) is 2. The summed E-state index contributed by atoms with van der Waals surface area (Å²) >= 11 is 0. The topological polar surface area (TPSA) is 61.4 Å². The first-order valence-electron chi connectivity index (χ1n) is 6.55. The van der Waals surface area contributed by atoms with E-state index in [2.05, 4.69) is 10.6 Å². The highest BCUT2D eigenvalue weighted by Gasteiger charge is 2.34. The normalized spacial score (nSPS) is 17.2. The first-order valence-corrected chi connectivity index (χ1v) is 6.55. The van der Waals surface area contributed by atoms with E-state index < -0.39 is 5.54 Å². The van der Waals surface area contributed by atoms with Gasteiger partial charge in [-0.25, -0.2) is 9.18 Å². The fraction of sp³-hybridized carbons (Fsp3) is 0.500.